The topological polar surface area (TPSA) is 158 Å². The fraction of sp³-hybridized carbons (Fsp3) is 0.379. The lowest BCUT2D eigenvalue weighted by molar-refractivity contribution is 0.102. The Kier molecular flexibility index (Phi) is 9.40. The fourth-order valence-electron chi connectivity index (χ4n) is 4.44. The Labute approximate surface area is 242 Å². The molecule has 2 aromatic carbocycles. The number of nitrogens with two attached hydrogens (primary N) is 2. The smallest absolute Gasteiger partial charge is 0.255 e. The minimum Gasteiger partial charge on any atom is -0.492 e. The van der Waals surface area contributed by atoms with Gasteiger partial charge in [0.15, 0.2) is 5.75 Å². The first-order valence-electron chi connectivity index (χ1n) is 13.3. The number of aryl methyl sites for hydroxylation is 2. The lowest BCUT2D eigenvalue weighted by Gasteiger charge is -2.24. The Hall–Kier alpha value is -4.03. The van der Waals surface area contributed by atoms with Gasteiger partial charge < -0.3 is 20.4 Å². The van der Waals surface area contributed by atoms with Crippen LogP contribution in [0.25, 0.3) is 5.70 Å². The molecule has 0 bridgehead atoms. The molecule has 12 heteroatoms. The fourth-order valence-corrected chi connectivity index (χ4v) is 4.99. The van der Waals surface area contributed by atoms with E-state index in [1.54, 1.807) is 42.7 Å². The lowest BCUT2D eigenvalue weighted by Crippen LogP contribution is -2.27. The molecule has 41 heavy (non-hydrogen) atoms. The third-order valence-electron chi connectivity index (χ3n) is 6.60. The molecule has 0 radical (unpaired) electrons. The summed E-state index contributed by atoms with van der Waals surface area (Å²) in [5.41, 5.74) is 10.4. The van der Waals surface area contributed by atoms with Crippen molar-refractivity contribution < 1.29 is 17.9 Å². The standard InChI is InChI=1S/C29H41N7O4S/c1-9-26-32-16-25(35(26)10-2)21(30)17-36(31)24-13-19(12-11-18(24)3)28(37)33-22-14-20(29(4,5)6)15-23(27(22)40-7)34-41(8,38)39/h11-17,34H,9-10,30-31H2,1-8H3,(H,33,37)/b21-17-. The van der Waals surface area contributed by atoms with Gasteiger partial charge in [0.25, 0.3) is 5.91 Å². The molecule has 0 aliphatic carbocycles. The number of benzene rings is 2. The second-order valence-electron chi connectivity index (χ2n) is 10.8. The van der Waals surface area contributed by atoms with E-state index in [1.807, 2.05) is 46.1 Å². The van der Waals surface area contributed by atoms with E-state index in [0.717, 1.165) is 35.3 Å². The van der Waals surface area contributed by atoms with Crippen molar-refractivity contribution in [1.82, 2.24) is 9.55 Å². The number of anilines is 3. The van der Waals surface area contributed by atoms with Crippen LogP contribution in [0.3, 0.4) is 0 Å². The number of imidazole rings is 1. The quantitative estimate of drug-likeness (QED) is 0.203. The van der Waals surface area contributed by atoms with Crippen LogP contribution in [0.15, 0.2) is 42.7 Å². The maximum Gasteiger partial charge on any atom is 0.255 e. The van der Waals surface area contributed by atoms with Gasteiger partial charge in [-0.1, -0.05) is 33.8 Å². The van der Waals surface area contributed by atoms with Gasteiger partial charge in [0.2, 0.25) is 10.0 Å². The first kappa shape index (κ1) is 31.5. The number of methoxy groups -OCH3 is 1. The highest BCUT2D eigenvalue weighted by molar-refractivity contribution is 7.92. The average Bonchev–Trinajstić information content (AvgIpc) is 3.30. The summed E-state index contributed by atoms with van der Waals surface area (Å²) in [5, 5.41) is 4.27. The Morgan fingerprint density at radius 3 is 2.39 bits per heavy atom. The van der Waals surface area contributed by atoms with E-state index < -0.39 is 15.9 Å². The van der Waals surface area contributed by atoms with E-state index in [9.17, 15) is 13.2 Å². The molecule has 6 N–H and O–H groups in total. The molecule has 0 unspecified atom stereocenters. The number of rotatable bonds is 10. The first-order valence-corrected chi connectivity index (χ1v) is 15.2. The normalized spacial score (nSPS) is 12.3. The van der Waals surface area contributed by atoms with Gasteiger partial charge in [-0.2, -0.15) is 0 Å². The summed E-state index contributed by atoms with van der Waals surface area (Å²) in [6.07, 6.45) is 5.16. The van der Waals surface area contributed by atoms with Crippen LogP contribution in [0, 0.1) is 6.92 Å². The van der Waals surface area contributed by atoms with Crippen molar-refractivity contribution >= 4 is 38.7 Å². The summed E-state index contributed by atoms with van der Waals surface area (Å²) in [6, 6.07) is 8.62. The third kappa shape index (κ3) is 7.39. The van der Waals surface area contributed by atoms with E-state index in [0.29, 0.717) is 29.2 Å². The van der Waals surface area contributed by atoms with Gasteiger partial charge in [-0.3, -0.25) is 14.5 Å². The molecule has 0 saturated carbocycles. The summed E-state index contributed by atoms with van der Waals surface area (Å²) in [5.74, 6) is 7.10. The zero-order valence-electron chi connectivity index (χ0n) is 25.0. The number of hydrogen-bond acceptors (Lipinski definition) is 8. The molecule has 0 atom stereocenters. The highest BCUT2D eigenvalue weighted by atomic mass is 32.2. The van der Waals surface area contributed by atoms with Gasteiger partial charge in [0.05, 0.1) is 48.0 Å². The number of carbonyl (C=O) groups excluding carboxylic acids is 1. The van der Waals surface area contributed by atoms with Gasteiger partial charge in [-0.25, -0.2) is 19.2 Å². The minimum atomic E-state index is -3.61. The number of carbonyl (C=O) groups is 1. The molecule has 1 aromatic heterocycles. The highest BCUT2D eigenvalue weighted by Gasteiger charge is 2.23. The van der Waals surface area contributed by atoms with Crippen molar-refractivity contribution in [3.63, 3.8) is 0 Å². The summed E-state index contributed by atoms with van der Waals surface area (Å²) >= 11 is 0. The molecule has 1 amide bonds. The molecule has 0 aliphatic heterocycles. The van der Waals surface area contributed by atoms with Crippen molar-refractivity contribution in [3.8, 4) is 5.75 Å². The number of aromatic nitrogens is 2. The van der Waals surface area contributed by atoms with Crippen molar-refractivity contribution in [3.05, 3.63) is 70.9 Å². The summed E-state index contributed by atoms with van der Waals surface area (Å²) < 4.78 is 34.1. The van der Waals surface area contributed by atoms with E-state index in [2.05, 4.69) is 15.0 Å². The Balaban J connectivity index is 1.99. The number of nitrogens with zero attached hydrogens (tertiary/aromatic N) is 3. The van der Waals surface area contributed by atoms with Crippen LogP contribution in [0.5, 0.6) is 5.75 Å². The number of hydrogen-bond donors (Lipinski definition) is 4. The zero-order chi connectivity index (χ0) is 30.7. The molecule has 0 aliphatic rings. The molecule has 0 spiro atoms. The Bertz CT molecular complexity index is 1570. The average molecular weight is 584 g/mol. The van der Waals surface area contributed by atoms with Crippen molar-refractivity contribution in [2.24, 2.45) is 11.6 Å². The van der Waals surface area contributed by atoms with Gasteiger partial charge in [-0.15, -0.1) is 0 Å². The number of sulfonamides is 1. The van der Waals surface area contributed by atoms with E-state index in [4.69, 9.17) is 16.3 Å². The van der Waals surface area contributed by atoms with Gasteiger partial charge in [-0.05, 0) is 54.7 Å². The van der Waals surface area contributed by atoms with Crippen LogP contribution >= 0.6 is 0 Å². The van der Waals surface area contributed by atoms with Crippen LogP contribution < -0.4 is 31.4 Å². The zero-order valence-corrected chi connectivity index (χ0v) is 25.8. The van der Waals surface area contributed by atoms with E-state index in [-0.39, 0.29) is 16.9 Å². The lowest BCUT2D eigenvalue weighted by atomic mass is 9.86. The van der Waals surface area contributed by atoms with Crippen molar-refractivity contribution in [2.45, 2.75) is 59.9 Å². The summed E-state index contributed by atoms with van der Waals surface area (Å²) in [7, 11) is -2.19. The summed E-state index contributed by atoms with van der Waals surface area (Å²) in [6.45, 7) is 12.6. The summed E-state index contributed by atoms with van der Waals surface area (Å²) in [4.78, 5) is 17.9. The molecule has 0 fully saturated rings. The SMILES string of the molecule is CCc1ncc(/C(N)=C/N(N)c2cc(C(=O)Nc3cc(C(C)(C)C)cc(NS(C)(=O)=O)c3OC)ccc2C)n1CC. The van der Waals surface area contributed by atoms with Crippen LogP contribution in [0.2, 0.25) is 0 Å². The Morgan fingerprint density at radius 2 is 1.83 bits per heavy atom. The molecule has 222 valence electrons. The first-order chi connectivity index (χ1) is 19.1. The molecule has 0 saturated heterocycles. The monoisotopic (exact) mass is 583 g/mol. The van der Waals surface area contributed by atoms with Crippen LogP contribution in [-0.2, 0) is 28.4 Å². The van der Waals surface area contributed by atoms with E-state index >= 15 is 0 Å². The van der Waals surface area contributed by atoms with Crippen molar-refractivity contribution in [1.29, 1.82) is 0 Å². The third-order valence-corrected chi connectivity index (χ3v) is 7.19. The predicted octanol–water partition coefficient (Wildman–Crippen LogP) is 4.34. The maximum atomic E-state index is 13.5. The number of amides is 1. The van der Waals surface area contributed by atoms with Gasteiger partial charge in [0.1, 0.15) is 5.82 Å². The molecule has 3 rings (SSSR count). The number of ether oxygens (including phenoxy) is 1. The van der Waals surface area contributed by atoms with Crippen molar-refractivity contribution in [2.75, 3.05) is 28.4 Å². The van der Waals surface area contributed by atoms with Gasteiger partial charge >= 0.3 is 0 Å². The number of hydrazine groups is 1. The molecule has 3 aromatic rings. The van der Waals surface area contributed by atoms with Crippen LogP contribution in [0.1, 0.15) is 67.6 Å². The molecular formula is C29H41N7O4S. The van der Waals surface area contributed by atoms with Crippen LogP contribution in [-0.4, -0.2) is 37.2 Å². The predicted molar refractivity (Wildman–Crippen MR) is 165 cm³/mol. The highest BCUT2D eigenvalue weighted by Crippen LogP contribution is 2.39. The minimum absolute atomic E-state index is 0.194. The van der Waals surface area contributed by atoms with Gasteiger partial charge in [0, 0.05) is 24.7 Å². The molecule has 11 nitrogen and oxygen atoms in total. The molecule has 1 heterocycles. The second-order valence-corrected chi connectivity index (χ2v) is 12.6. The molecular weight excluding hydrogens is 542 g/mol. The number of nitrogens with one attached hydrogen (secondary N) is 2. The Morgan fingerprint density at radius 1 is 1.17 bits per heavy atom. The second kappa shape index (κ2) is 12.2. The largest absolute Gasteiger partial charge is 0.492 e. The van der Waals surface area contributed by atoms with E-state index in [1.165, 1.54) is 12.1 Å². The van der Waals surface area contributed by atoms with Crippen LogP contribution in [0.4, 0.5) is 17.1 Å². The maximum absolute atomic E-state index is 13.5.